The molecule has 0 N–H and O–H groups in total. The lowest BCUT2D eigenvalue weighted by atomic mass is 10.0. The summed E-state index contributed by atoms with van der Waals surface area (Å²) >= 11 is 0. The summed E-state index contributed by atoms with van der Waals surface area (Å²) in [7, 11) is 0. The predicted octanol–water partition coefficient (Wildman–Crippen LogP) is 9.16. The van der Waals surface area contributed by atoms with E-state index in [1.165, 1.54) is 10.8 Å². The monoisotopic (exact) mass is 559 g/mol. The Bertz CT molecular complexity index is 2450. The summed E-state index contributed by atoms with van der Waals surface area (Å²) in [4.78, 5) is 0. The van der Waals surface area contributed by atoms with Crippen LogP contribution in [-0.4, -0.2) is 9.13 Å². The molecule has 0 saturated heterocycles. The average Bonchev–Trinajstić information content (AvgIpc) is 3.60. The topological polar surface area (TPSA) is 81.2 Å². The highest BCUT2D eigenvalue weighted by Crippen LogP contribution is 2.38. The van der Waals surface area contributed by atoms with Crippen molar-refractivity contribution in [2.75, 3.05) is 0 Å². The number of benzene rings is 6. The zero-order chi connectivity index (χ0) is 29.8. The van der Waals surface area contributed by atoms with Gasteiger partial charge in [-0.05, 0) is 90.0 Å². The molecule has 0 amide bonds. The molecule has 0 aliphatic heterocycles. The Morgan fingerprint density at radius 3 is 1.27 bits per heavy atom. The van der Waals surface area contributed by atoms with Gasteiger partial charge in [0.1, 0.15) is 0 Å². The molecule has 2 aromatic heterocycles. The molecule has 0 aliphatic carbocycles. The maximum Gasteiger partial charge on any atom is 0.0991 e. The largest absolute Gasteiger partial charge is 0.309 e. The molecule has 0 atom stereocenters. The number of nitriles is 3. The van der Waals surface area contributed by atoms with Gasteiger partial charge in [-0.15, -0.1) is 0 Å². The number of aromatic nitrogens is 2. The zero-order valence-corrected chi connectivity index (χ0v) is 23.4. The van der Waals surface area contributed by atoms with E-state index in [9.17, 15) is 15.8 Å². The van der Waals surface area contributed by atoms with Crippen molar-refractivity contribution in [3.63, 3.8) is 0 Å². The number of nitrogens with zero attached hydrogens (tertiary/aromatic N) is 5. The molecule has 8 rings (SSSR count). The van der Waals surface area contributed by atoms with Crippen molar-refractivity contribution >= 4 is 43.6 Å². The number of hydrogen-bond donors (Lipinski definition) is 0. The molecule has 44 heavy (non-hydrogen) atoms. The third-order valence-electron chi connectivity index (χ3n) is 8.37. The highest BCUT2D eigenvalue weighted by molar-refractivity contribution is 6.11. The van der Waals surface area contributed by atoms with Crippen LogP contribution in [0.1, 0.15) is 16.7 Å². The molecule has 0 saturated carbocycles. The Morgan fingerprint density at radius 2 is 0.795 bits per heavy atom. The van der Waals surface area contributed by atoms with E-state index in [1.807, 2.05) is 60.7 Å². The summed E-state index contributed by atoms with van der Waals surface area (Å²) in [5, 5.41) is 33.0. The normalized spacial score (nSPS) is 11.1. The SMILES string of the molecule is N#Cc1ccc(-c2cc(-n3c4ccccc4c4ccccc43)cc(-n3c4ccc(C#N)cc4c4cc(C#N)ccc43)c2)cc1. The number of para-hydroxylation sites is 2. The molecule has 0 unspecified atom stereocenters. The van der Waals surface area contributed by atoms with Crippen molar-refractivity contribution in [3.05, 3.63) is 144 Å². The van der Waals surface area contributed by atoms with E-state index in [-0.39, 0.29) is 0 Å². The standard InChI is InChI=1S/C39H21N5/c40-22-25-9-13-28(14-10-25)29-19-30(43-36-7-3-1-5-32(36)33-6-2-4-8-37(33)43)21-31(20-29)44-38-15-11-26(23-41)17-34(38)35-18-27(24-42)12-16-39(35)44/h1-21H. The van der Waals surface area contributed by atoms with Gasteiger partial charge in [0.2, 0.25) is 0 Å². The summed E-state index contributed by atoms with van der Waals surface area (Å²) in [6.07, 6.45) is 0. The fourth-order valence-electron chi connectivity index (χ4n) is 6.40. The second-order valence-electron chi connectivity index (χ2n) is 10.8. The number of hydrogen-bond acceptors (Lipinski definition) is 3. The smallest absolute Gasteiger partial charge is 0.0991 e. The number of rotatable bonds is 3. The van der Waals surface area contributed by atoms with Crippen molar-refractivity contribution in [2.45, 2.75) is 0 Å². The van der Waals surface area contributed by atoms with E-state index in [0.29, 0.717) is 16.7 Å². The molecule has 0 bridgehead atoms. The molecule has 0 fully saturated rings. The summed E-state index contributed by atoms with van der Waals surface area (Å²) in [5.74, 6) is 0. The van der Waals surface area contributed by atoms with Crippen LogP contribution in [0.4, 0.5) is 0 Å². The minimum absolute atomic E-state index is 0.566. The number of fused-ring (bicyclic) bond motifs is 6. The summed E-state index contributed by atoms with van der Waals surface area (Å²) < 4.78 is 4.51. The van der Waals surface area contributed by atoms with E-state index in [0.717, 1.165) is 55.3 Å². The zero-order valence-electron chi connectivity index (χ0n) is 23.4. The maximum atomic E-state index is 9.68. The van der Waals surface area contributed by atoms with Crippen molar-refractivity contribution in [3.8, 4) is 40.7 Å². The van der Waals surface area contributed by atoms with E-state index in [2.05, 4.69) is 94.1 Å². The first-order valence-electron chi connectivity index (χ1n) is 14.2. The lowest BCUT2D eigenvalue weighted by Crippen LogP contribution is -2.00. The third-order valence-corrected chi connectivity index (χ3v) is 8.37. The Kier molecular flexibility index (Phi) is 5.56. The molecule has 5 heteroatoms. The van der Waals surface area contributed by atoms with Crippen LogP contribution in [-0.2, 0) is 0 Å². The molecule has 0 aliphatic rings. The minimum atomic E-state index is 0.566. The second-order valence-corrected chi connectivity index (χ2v) is 10.8. The first-order chi connectivity index (χ1) is 21.7. The molecule has 8 aromatic rings. The van der Waals surface area contributed by atoms with Gasteiger partial charge in [-0.2, -0.15) is 15.8 Å². The Balaban J connectivity index is 1.49. The predicted molar refractivity (Wildman–Crippen MR) is 175 cm³/mol. The quantitative estimate of drug-likeness (QED) is 0.216. The summed E-state index contributed by atoms with van der Waals surface area (Å²) in [5.41, 5.74) is 9.78. The van der Waals surface area contributed by atoms with Crippen LogP contribution in [0.25, 0.3) is 66.1 Å². The fraction of sp³-hybridized carbons (Fsp3) is 0. The van der Waals surface area contributed by atoms with Crippen LogP contribution in [0.2, 0.25) is 0 Å². The van der Waals surface area contributed by atoms with Gasteiger partial charge in [-0.25, -0.2) is 0 Å². The Labute approximate surface area is 252 Å². The second kappa shape index (κ2) is 9.74. The van der Waals surface area contributed by atoms with Crippen LogP contribution in [0.3, 0.4) is 0 Å². The van der Waals surface area contributed by atoms with Crippen LogP contribution in [0.5, 0.6) is 0 Å². The highest BCUT2D eigenvalue weighted by Gasteiger charge is 2.18. The van der Waals surface area contributed by atoms with Crippen LogP contribution in [0, 0.1) is 34.0 Å². The fourth-order valence-corrected chi connectivity index (χ4v) is 6.40. The van der Waals surface area contributed by atoms with Gasteiger partial charge in [0.05, 0.1) is 57.0 Å². The molecule has 5 nitrogen and oxygen atoms in total. The van der Waals surface area contributed by atoms with Gasteiger partial charge in [-0.1, -0.05) is 48.5 Å². The molecule has 6 aromatic carbocycles. The van der Waals surface area contributed by atoms with Crippen molar-refractivity contribution in [2.24, 2.45) is 0 Å². The lowest BCUT2D eigenvalue weighted by molar-refractivity contribution is 1.13. The maximum absolute atomic E-state index is 9.68. The van der Waals surface area contributed by atoms with Crippen LogP contribution >= 0.6 is 0 Å². The average molecular weight is 560 g/mol. The van der Waals surface area contributed by atoms with Crippen molar-refractivity contribution in [1.29, 1.82) is 15.8 Å². The molecular formula is C39H21N5. The summed E-state index contributed by atoms with van der Waals surface area (Å²) in [6, 6.07) is 49.3. The Morgan fingerprint density at radius 1 is 0.364 bits per heavy atom. The van der Waals surface area contributed by atoms with Crippen molar-refractivity contribution < 1.29 is 0 Å². The van der Waals surface area contributed by atoms with Crippen LogP contribution in [0.15, 0.2) is 127 Å². The highest BCUT2D eigenvalue weighted by atomic mass is 15.0. The van der Waals surface area contributed by atoms with E-state index >= 15 is 0 Å². The van der Waals surface area contributed by atoms with Gasteiger partial charge in [0.15, 0.2) is 0 Å². The van der Waals surface area contributed by atoms with Crippen molar-refractivity contribution in [1.82, 2.24) is 9.13 Å². The molecule has 2 heterocycles. The van der Waals surface area contributed by atoms with Gasteiger partial charge in [-0.3, -0.25) is 0 Å². The first kappa shape index (κ1) is 25.1. The minimum Gasteiger partial charge on any atom is -0.309 e. The summed E-state index contributed by atoms with van der Waals surface area (Å²) in [6.45, 7) is 0. The molecule has 0 radical (unpaired) electrons. The van der Waals surface area contributed by atoms with E-state index < -0.39 is 0 Å². The van der Waals surface area contributed by atoms with Crippen LogP contribution < -0.4 is 0 Å². The Hall–Kier alpha value is -6.61. The van der Waals surface area contributed by atoms with Gasteiger partial charge >= 0.3 is 0 Å². The van der Waals surface area contributed by atoms with Gasteiger partial charge in [0, 0.05) is 32.9 Å². The van der Waals surface area contributed by atoms with E-state index in [1.54, 1.807) is 0 Å². The molecule has 202 valence electrons. The van der Waals surface area contributed by atoms with Gasteiger partial charge in [0.25, 0.3) is 0 Å². The molecule has 0 spiro atoms. The van der Waals surface area contributed by atoms with E-state index in [4.69, 9.17) is 0 Å². The van der Waals surface area contributed by atoms with Gasteiger partial charge < -0.3 is 9.13 Å². The first-order valence-corrected chi connectivity index (χ1v) is 14.2. The molecular weight excluding hydrogens is 538 g/mol. The lowest BCUT2D eigenvalue weighted by Gasteiger charge is -2.16. The third kappa shape index (κ3) is 3.77.